The standard InChI is InChI=1S/C23H19N3O/c27-23(14-20-16-24-22-9-5-4-8-21(20)22)26-25-15-17-10-12-19(13-11-17)18-6-2-1-3-7-18/h1-13,15-16,24H,14H2,(H,26,27). The molecule has 0 bridgehead atoms. The average molecular weight is 353 g/mol. The summed E-state index contributed by atoms with van der Waals surface area (Å²) in [6.45, 7) is 0. The minimum Gasteiger partial charge on any atom is -0.361 e. The molecule has 3 aromatic carbocycles. The number of nitrogens with one attached hydrogen (secondary N) is 2. The fraction of sp³-hybridized carbons (Fsp3) is 0.0435. The number of H-pyrrole nitrogens is 1. The molecule has 4 rings (SSSR count). The highest BCUT2D eigenvalue weighted by atomic mass is 16.2. The van der Waals surface area contributed by atoms with E-state index in [9.17, 15) is 4.79 Å². The van der Waals surface area contributed by atoms with Crippen molar-refractivity contribution in [2.24, 2.45) is 5.10 Å². The molecule has 4 heteroatoms. The van der Waals surface area contributed by atoms with E-state index in [2.05, 4.69) is 27.6 Å². The molecule has 0 aliphatic rings. The van der Waals surface area contributed by atoms with Gasteiger partial charge in [-0.2, -0.15) is 5.10 Å². The van der Waals surface area contributed by atoms with Crippen LogP contribution in [0.25, 0.3) is 22.0 Å². The summed E-state index contributed by atoms with van der Waals surface area (Å²) >= 11 is 0. The molecular weight excluding hydrogens is 334 g/mol. The summed E-state index contributed by atoms with van der Waals surface area (Å²) in [6, 6.07) is 26.2. The quantitative estimate of drug-likeness (QED) is 0.402. The molecule has 27 heavy (non-hydrogen) atoms. The zero-order valence-corrected chi connectivity index (χ0v) is 14.7. The van der Waals surface area contributed by atoms with Gasteiger partial charge in [0, 0.05) is 17.1 Å². The minimum absolute atomic E-state index is 0.142. The number of nitrogens with zero attached hydrogens (tertiary/aromatic N) is 1. The van der Waals surface area contributed by atoms with Gasteiger partial charge in [-0.25, -0.2) is 5.43 Å². The molecule has 0 fully saturated rings. The normalized spacial score (nSPS) is 11.1. The van der Waals surface area contributed by atoms with Gasteiger partial charge in [0.2, 0.25) is 5.91 Å². The van der Waals surface area contributed by atoms with E-state index < -0.39 is 0 Å². The highest BCUT2D eigenvalue weighted by Crippen LogP contribution is 2.19. The molecule has 0 radical (unpaired) electrons. The molecule has 0 saturated carbocycles. The lowest BCUT2D eigenvalue weighted by molar-refractivity contribution is -0.120. The third kappa shape index (κ3) is 3.96. The Morgan fingerprint density at radius 3 is 2.41 bits per heavy atom. The highest BCUT2D eigenvalue weighted by Gasteiger charge is 2.07. The molecule has 4 nitrogen and oxygen atoms in total. The Bertz CT molecular complexity index is 1080. The monoisotopic (exact) mass is 353 g/mol. The zero-order chi connectivity index (χ0) is 18.5. The molecular formula is C23H19N3O. The first-order chi connectivity index (χ1) is 13.3. The molecule has 1 heterocycles. The lowest BCUT2D eigenvalue weighted by Gasteiger charge is -2.02. The van der Waals surface area contributed by atoms with Crippen molar-refractivity contribution < 1.29 is 4.79 Å². The van der Waals surface area contributed by atoms with E-state index in [0.717, 1.165) is 27.6 Å². The number of hydrogen-bond acceptors (Lipinski definition) is 2. The van der Waals surface area contributed by atoms with Gasteiger partial charge in [0.05, 0.1) is 12.6 Å². The Morgan fingerprint density at radius 1 is 0.889 bits per heavy atom. The molecule has 132 valence electrons. The number of amides is 1. The molecule has 0 spiro atoms. The van der Waals surface area contributed by atoms with Gasteiger partial charge >= 0.3 is 0 Å². The number of rotatable bonds is 5. The topological polar surface area (TPSA) is 57.2 Å². The number of hydrazone groups is 1. The van der Waals surface area contributed by atoms with Crippen LogP contribution in [0.2, 0.25) is 0 Å². The van der Waals surface area contributed by atoms with Crippen molar-refractivity contribution in [1.82, 2.24) is 10.4 Å². The van der Waals surface area contributed by atoms with Gasteiger partial charge in [-0.1, -0.05) is 72.8 Å². The van der Waals surface area contributed by atoms with Gasteiger partial charge in [-0.15, -0.1) is 0 Å². The molecule has 4 aromatic rings. The second kappa shape index (κ2) is 7.70. The smallest absolute Gasteiger partial charge is 0.244 e. The molecule has 0 saturated heterocycles. The van der Waals surface area contributed by atoms with E-state index in [0.29, 0.717) is 0 Å². The number of hydrogen-bond donors (Lipinski definition) is 2. The Labute approximate surface area is 157 Å². The molecule has 2 N–H and O–H groups in total. The fourth-order valence-electron chi connectivity index (χ4n) is 3.06. The first-order valence-electron chi connectivity index (χ1n) is 8.82. The molecule has 0 atom stereocenters. The maximum Gasteiger partial charge on any atom is 0.244 e. The van der Waals surface area contributed by atoms with Gasteiger partial charge in [0.1, 0.15) is 0 Å². The van der Waals surface area contributed by atoms with E-state index in [1.54, 1.807) is 6.21 Å². The lowest BCUT2D eigenvalue weighted by Crippen LogP contribution is -2.19. The summed E-state index contributed by atoms with van der Waals surface area (Å²) in [6.07, 6.45) is 3.81. The first-order valence-corrected chi connectivity index (χ1v) is 8.82. The Hall–Kier alpha value is -3.66. The van der Waals surface area contributed by atoms with Crippen molar-refractivity contribution in [2.45, 2.75) is 6.42 Å². The molecule has 0 aliphatic carbocycles. The number of carbonyl (C=O) groups excluding carboxylic acids is 1. The summed E-state index contributed by atoms with van der Waals surface area (Å²) in [5.74, 6) is -0.142. The predicted molar refractivity (Wildman–Crippen MR) is 110 cm³/mol. The van der Waals surface area contributed by atoms with Crippen LogP contribution >= 0.6 is 0 Å². The summed E-state index contributed by atoms with van der Waals surface area (Å²) in [5.41, 5.74) is 7.85. The van der Waals surface area contributed by atoms with Crippen LogP contribution in [-0.2, 0) is 11.2 Å². The van der Waals surface area contributed by atoms with Crippen molar-refractivity contribution in [1.29, 1.82) is 0 Å². The predicted octanol–water partition coefficient (Wildman–Crippen LogP) is 4.53. The summed E-state index contributed by atoms with van der Waals surface area (Å²) in [7, 11) is 0. The van der Waals surface area contributed by atoms with Crippen LogP contribution in [0.4, 0.5) is 0 Å². The number of para-hydroxylation sites is 1. The Balaban J connectivity index is 1.36. The third-order valence-corrected chi connectivity index (χ3v) is 4.45. The van der Waals surface area contributed by atoms with Crippen LogP contribution < -0.4 is 5.43 Å². The Morgan fingerprint density at radius 2 is 1.59 bits per heavy atom. The number of aromatic nitrogens is 1. The van der Waals surface area contributed by atoms with Crippen LogP contribution in [0.1, 0.15) is 11.1 Å². The van der Waals surface area contributed by atoms with Crippen molar-refractivity contribution >= 4 is 23.0 Å². The van der Waals surface area contributed by atoms with E-state index in [-0.39, 0.29) is 12.3 Å². The summed E-state index contributed by atoms with van der Waals surface area (Å²) in [5, 5.41) is 5.13. The van der Waals surface area contributed by atoms with Gasteiger partial charge in [-0.05, 0) is 28.3 Å². The van der Waals surface area contributed by atoms with Crippen LogP contribution in [0, 0.1) is 0 Å². The largest absolute Gasteiger partial charge is 0.361 e. The van der Waals surface area contributed by atoms with E-state index >= 15 is 0 Å². The number of benzene rings is 3. The van der Waals surface area contributed by atoms with Gasteiger partial charge in [0.25, 0.3) is 0 Å². The fourth-order valence-corrected chi connectivity index (χ4v) is 3.06. The average Bonchev–Trinajstić information content (AvgIpc) is 3.12. The molecule has 1 aromatic heterocycles. The maximum absolute atomic E-state index is 12.1. The third-order valence-electron chi connectivity index (χ3n) is 4.45. The second-order valence-corrected chi connectivity index (χ2v) is 6.32. The van der Waals surface area contributed by atoms with Crippen LogP contribution in [0.3, 0.4) is 0 Å². The SMILES string of the molecule is O=C(Cc1c[nH]c2ccccc12)NN=Cc1ccc(-c2ccccc2)cc1. The lowest BCUT2D eigenvalue weighted by atomic mass is 10.0. The number of aromatic amines is 1. The molecule has 1 amide bonds. The summed E-state index contributed by atoms with van der Waals surface area (Å²) in [4.78, 5) is 15.3. The number of fused-ring (bicyclic) bond motifs is 1. The molecule has 0 aliphatic heterocycles. The van der Waals surface area contributed by atoms with Gasteiger partial charge < -0.3 is 4.98 Å². The van der Waals surface area contributed by atoms with Crippen molar-refractivity contribution in [3.8, 4) is 11.1 Å². The van der Waals surface area contributed by atoms with Crippen molar-refractivity contribution in [3.05, 3.63) is 96.2 Å². The van der Waals surface area contributed by atoms with Crippen molar-refractivity contribution in [3.63, 3.8) is 0 Å². The van der Waals surface area contributed by atoms with E-state index in [1.165, 1.54) is 5.56 Å². The zero-order valence-electron chi connectivity index (χ0n) is 14.7. The van der Waals surface area contributed by atoms with Gasteiger partial charge in [-0.3, -0.25) is 4.79 Å². The van der Waals surface area contributed by atoms with Gasteiger partial charge in [0.15, 0.2) is 0 Å². The highest BCUT2D eigenvalue weighted by molar-refractivity contribution is 5.89. The minimum atomic E-state index is -0.142. The van der Waals surface area contributed by atoms with Crippen LogP contribution in [-0.4, -0.2) is 17.1 Å². The maximum atomic E-state index is 12.1. The van der Waals surface area contributed by atoms with Crippen LogP contribution in [0.5, 0.6) is 0 Å². The first kappa shape index (κ1) is 16.8. The summed E-state index contributed by atoms with van der Waals surface area (Å²) < 4.78 is 0. The van der Waals surface area contributed by atoms with E-state index in [1.807, 2.05) is 72.9 Å². The van der Waals surface area contributed by atoms with Crippen LogP contribution in [0.15, 0.2) is 90.2 Å². The van der Waals surface area contributed by atoms with E-state index in [4.69, 9.17) is 0 Å². The van der Waals surface area contributed by atoms with Crippen molar-refractivity contribution in [2.75, 3.05) is 0 Å². The second-order valence-electron chi connectivity index (χ2n) is 6.32. The number of carbonyl (C=O) groups is 1. The molecule has 0 unspecified atom stereocenters. The Kier molecular flexibility index (Phi) is 4.79.